The summed E-state index contributed by atoms with van der Waals surface area (Å²) < 4.78 is 0. The average Bonchev–Trinajstić information content (AvgIpc) is 2.95. The highest BCUT2D eigenvalue weighted by molar-refractivity contribution is 5.77. The standard InChI is InChI=1S/C16H21N5O/c1-16(12-5-3-2-4-6-12)9-7-14(22)21(11-16)10-8-13-18-15(17)20-19-13/h2-6H,7-11H2,1H3,(H3,17,18,19,20). The van der Waals surface area contributed by atoms with Crippen molar-refractivity contribution in [1.29, 1.82) is 0 Å². The van der Waals surface area contributed by atoms with Gasteiger partial charge in [-0.2, -0.15) is 4.98 Å². The molecule has 1 aliphatic rings. The first-order chi connectivity index (χ1) is 10.6. The van der Waals surface area contributed by atoms with E-state index in [1.54, 1.807) is 0 Å². The Balaban J connectivity index is 1.69. The molecule has 6 nitrogen and oxygen atoms in total. The number of nitrogens with two attached hydrogens (primary N) is 1. The number of aromatic amines is 1. The number of anilines is 1. The molecule has 1 saturated heterocycles. The van der Waals surface area contributed by atoms with Gasteiger partial charge in [-0.1, -0.05) is 37.3 Å². The molecule has 1 aromatic heterocycles. The Hall–Kier alpha value is -2.37. The normalized spacial score (nSPS) is 22.0. The number of carbonyl (C=O) groups is 1. The molecule has 0 bridgehead atoms. The lowest BCUT2D eigenvalue weighted by Crippen LogP contribution is -2.48. The molecular formula is C16H21N5O. The Morgan fingerprint density at radius 3 is 2.82 bits per heavy atom. The van der Waals surface area contributed by atoms with E-state index in [1.165, 1.54) is 5.56 Å². The van der Waals surface area contributed by atoms with Gasteiger partial charge in [0.25, 0.3) is 0 Å². The predicted molar refractivity (Wildman–Crippen MR) is 84.1 cm³/mol. The molecule has 0 saturated carbocycles. The summed E-state index contributed by atoms with van der Waals surface area (Å²) in [6.07, 6.45) is 2.12. The van der Waals surface area contributed by atoms with Gasteiger partial charge in [0.15, 0.2) is 0 Å². The van der Waals surface area contributed by atoms with Crippen LogP contribution in [0.4, 0.5) is 5.95 Å². The molecule has 116 valence electrons. The first kappa shape index (κ1) is 14.6. The maximum atomic E-state index is 12.2. The van der Waals surface area contributed by atoms with E-state index in [0.29, 0.717) is 19.4 Å². The minimum Gasteiger partial charge on any atom is -0.367 e. The Kier molecular flexibility index (Phi) is 3.83. The van der Waals surface area contributed by atoms with Gasteiger partial charge in [-0.3, -0.25) is 9.89 Å². The van der Waals surface area contributed by atoms with Gasteiger partial charge in [0.1, 0.15) is 5.82 Å². The third-order valence-corrected chi connectivity index (χ3v) is 4.42. The lowest BCUT2D eigenvalue weighted by atomic mass is 9.75. The third-order valence-electron chi connectivity index (χ3n) is 4.42. The Bertz CT molecular complexity index is 654. The Labute approximate surface area is 129 Å². The number of amides is 1. The number of aromatic nitrogens is 3. The largest absolute Gasteiger partial charge is 0.367 e. The van der Waals surface area contributed by atoms with Crippen molar-refractivity contribution in [2.75, 3.05) is 18.8 Å². The van der Waals surface area contributed by atoms with Gasteiger partial charge < -0.3 is 10.6 Å². The van der Waals surface area contributed by atoms with Crippen LogP contribution in [0.1, 0.15) is 31.2 Å². The van der Waals surface area contributed by atoms with Crippen molar-refractivity contribution in [3.05, 3.63) is 41.7 Å². The van der Waals surface area contributed by atoms with Crippen LogP contribution in [0.2, 0.25) is 0 Å². The molecule has 2 aromatic rings. The quantitative estimate of drug-likeness (QED) is 0.895. The predicted octanol–water partition coefficient (Wildman–Crippen LogP) is 1.51. The zero-order valence-electron chi connectivity index (χ0n) is 12.7. The summed E-state index contributed by atoms with van der Waals surface area (Å²) in [5.74, 6) is 1.17. The van der Waals surface area contributed by atoms with Crippen LogP contribution in [0.3, 0.4) is 0 Å². The first-order valence-corrected chi connectivity index (χ1v) is 7.57. The summed E-state index contributed by atoms with van der Waals surface area (Å²) in [5, 5.41) is 6.60. The van der Waals surface area contributed by atoms with Gasteiger partial charge in [-0.05, 0) is 12.0 Å². The first-order valence-electron chi connectivity index (χ1n) is 7.57. The third kappa shape index (κ3) is 2.95. The number of hydrogen-bond acceptors (Lipinski definition) is 4. The smallest absolute Gasteiger partial charge is 0.239 e. The van der Waals surface area contributed by atoms with Gasteiger partial charge >= 0.3 is 0 Å². The van der Waals surface area contributed by atoms with Gasteiger partial charge in [0.2, 0.25) is 11.9 Å². The fourth-order valence-electron chi connectivity index (χ4n) is 3.07. The molecule has 1 amide bonds. The maximum Gasteiger partial charge on any atom is 0.239 e. The van der Waals surface area contributed by atoms with E-state index in [-0.39, 0.29) is 17.3 Å². The molecule has 3 N–H and O–H groups in total. The van der Waals surface area contributed by atoms with E-state index in [0.717, 1.165) is 18.8 Å². The van der Waals surface area contributed by atoms with Crippen molar-refractivity contribution >= 4 is 11.9 Å². The topological polar surface area (TPSA) is 87.9 Å². The molecule has 2 heterocycles. The minimum absolute atomic E-state index is 0.00954. The molecule has 3 rings (SSSR count). The van der Waals surface area contributed by atoms with Crippen molar-refractivity contribution in [2.45, 2.75) is 31.6 Å². The number of rotatable bonds is 4. The number of benzene rings is 1. The van der Waals surface area contributed by atoms with Crippen molar-refractivity contribution in [3.8, 4) is 0 Å². The lowest BCUT2D eigenvalue weighted by Gasteiger charge is -2.40. The van der Waals surface area contributed by atoms with E-state index in [2.05, 4.69) is 46.4 Å². The molecule has 0 aliphatic carbocycles. The van der Waals surface area contributed by atoms with Crippen LogP contribution in [0.15, 0.2) is 30.3 Å². The highest BCUT2D eigenvalue weighted by atomic mass is 16.2. The number of carbonyl (C=O) groups excluding carboxylic acids is 1. The fourth-order valence-corrected chi connectivity index (χ4v) is 3.07. The van der Waals surface area contributed by atoms with Gasteiger partial charge in [-0.15, -0.1) is 5.10 Å². The second kappa shape index (κ2) is 5.79. The van der Waals surface area contributed by atoms with E-state index in [4.69, 9.17) is 5.73 Å². The summed E-state index contributed by atoms with van der Waals surface area (Å²) >= 11 is 0. The minimum atomic E-state index is 0.00954. The zero-order chi connectivity index (χ0) is 15.6. The van der Waals surface area contributed by atoms with E-state index < -0.39 is 0 Å². The fraction of sp³-hybridized carbons (Fsp3) is 0.438. The number of nitrogen functional groups attached to an aromatic ring is 1. The van der Waals surface area contributed by atoms with Crippen LogP contribution in [-0.4, -0.2) is 39.1 Å². The molecular weight excluding hydrogens is 278 g/mol. The Morgan fingerprint density at radius 2 is 2.14 bits per heavy atom. The molecule has 1 unspecified atom stereocenters. The lowest BCUT2D eigenvalue weighted by molar-refractivity contribution is -0.135. The zero-order valence-corrected chi connectivity index (χ0v) is 12.7. The molecule has 1 aliphatic heterocycles. The Morgan fingerprint density at radius 1 is 1.36 bits per heavy atom. The second-order valence-electron chi connectivity index (χ2n) is 6.13. The number of nitrogens with one attached hydrogen (secondary N) is 1. The SMILES string of the molecule is CC1(c2ccccc2)CCC(=O)N(CCc2nc(N)n[nH]2)C1. The summed E-state index contributed by atoms with van der Waals surface area (Å²) in [6.45, 7) is 3.60. The molecule has 0 spiro atoms. The van der Waals surface area contributed by atoms with Gasteiger partial charge in [0.05, 0.1) is 0 Å². The second-order valence-corrected chi connectivity index (χ2v) is 6.13. The van der Waals surface area contributed by atoms with Gasteiger partial charge in [0, 0.05) is 31.3 Å². The number of hydrogen-bond donors (Lipinski definition) is 2. The number of likely N-dealkylation sites (tertiary alicyclic amines) is 1. The average molecular weight is 299 g/mol. The van der Waals surface area contributed by atoms with E-state index in [9.17, 15) is 4.79 Å². The summed E-state index contributed by atoms with van der Waals surface area (Å²) in [7, 11) is 0. The molecule has 22 heavy (non-hydrogen) atoms. The van der Waals surface area contributed by atoms with Gasteiger partial charge in [-0.25, -0.2) is 0 Å². The molecule has 0 radical (unpaired) electrons. The van der Waals surface area contributed by atoms with Crippen LogP contribution in [0.25, 0.3) is 0 Å². The molecule has 1 aromatic carbocycles. The van der Waals surface area contributed by atoms with Crippen molar-refractivity contribution in [2.24, 2.45) is 0 Å². The van der Waals surface area contributed by atoms with Crippen molar-refractivity contribution < 1.29 is 4.79 Å². The number of piperidine rings is 1. The highest BCUT2D eigenvalue weighted by Gasteiger charge is 2.35. The van der Waals surface area contributed by atoms with Crippen molar-refractivity contribution in [1.82, 2.24) is 20.1 Å². The van der Waals surface area contributed by atoms with Crippen LogP contribution in [-0.2, 0) is 16.6 Å². The summed E-state index contributed by atoms with van der Waals surface area (Å²) in [6, 6.07) is 10.4. The number of nitrogens with zero attached hydrogens (tertiary/aromatic N) is 3. The molecule has 1 fully saturated rings. The maximum absolute atomic E-state index is 12.2. The van der Waals surface area contributed by atoms with E-state index >= 15 is 0 Å². The highest BCUT2D eigenvalue weighted by Crippen LogP contribution is 2.33. The molecule has 1 atom stereocenters. The number of H-pyrrole nitrogens is 1. The van der Waals surface area contributed by atoms with Crippen LogP contribution in [0, 0.1) is 0 Å². The van der Waals surface area contributed by atoms with Crippen molar-refractivity contribution in [3.63, 3.8) is 0 Å². The van der Waals surface area contributed by atoms with Crippen LogP contribution in [0.5, 0.6) is 0 Å². The van der Waals surface area contributed by atoms with Crippen LogP contribution >= 0.6 is 0 Å². The molecule has 6 heteroatoms. The monoisotopic (exact) mass is 299 g/mol. The summed E-state index contributed by atoms with van der Waals surface area (Å²) in [5.41, 5.74) is 6.80. The van der Waals surface area contributed by atoms with E-state index in [1.807, 2.05) is 11.0 Å². The summed E-state index contributed by atoms with van der Waals surface area (Å²) in [4.78, 5) is 18.2. The van der Waals surface area contributed by atoms with Crippen LogP contribution < -0.4 is 5.73 Å².